The Morgan fingerprint density at radius 1 is 1.16 bits per heavy atom. The first-order valence-corrected chi connectivity index (χ1v) is 10.2. The van der Waals surface area contributed by atoms with E-state index in [1.165, 1.54) is 0 Å². The fourth-order valence-corrected chi connectivity index (χ4v) is 4.64. The van der Waals surface area contributed by atoms with E-state index in [4.69, 9.17) is 4.98 Å². The second-order valence-corrected chi connectivity index (χ2v) is 8.41. The molecular weight excluding hydrogens is 390 g/mol. The number of fused-ring (bicyclic) bond motifs is 1. The smallest absolute Gasteiger partial charge is 0.100 e. The van der Waals surface area contributed by atoms with E-state index in [1.54, 1.807) is 10.9 Å². The lowest BCUT2D eigenvalue weighted by Gasteiger charge is -2.46. The van der Waals surface area contributed by atoms with Crippen molar-refractivity contribution in [2.45, 2.75) is 31.7 Å². The highest BCUT2D eigenvalue weighted by molar-refractivity contribution is 5.80. The van der Waals surface area contributed by atoms with Crippen LogP contribution in [-0.4, -0.2) is 47.4 Å². The van der Waals surface area contributed by atoms with Gasteiger partial charge in [-0.2, -0.15) is 20.6 Å². The number of aromatic nitrogens is 7. The number of nitriles is 1. The molecular formula is C22H23N9. The highest BCUT2D eigenvalue weighted by Crippen LogP contribution is 2.46. The van der Waals surface area contributed by atoms with Gasteiger partial charge in [-0.1, -0.05) is 0 Å². The molecule has 31 heavy (non-hydrogen) atoms. The first kappa shape index (κ1) is 19.2. The molecule has 0 bridgehead atoms. The Hall–Kier alpha value is -3.80. The molecule has 0 aliphatic heterocycles. The van der Waals surface area contributed by atoms with E-state index in [0.717, 1.165) is 53.0 Å². The van der Waals surface area contributed by atoms with E-state index >= 15 is 0 Å². The number of rotatable bonds is 6. The van der Waals surface area contributed by atoms with Crippen molar-refractivity contribution < 1.29 is 0 Å². The van der Waals surface area contributed by atoms with Gasteiger partial charge in [-0.3, -0.25) is 9.36 Å². The lowest BCUT2D eigenvalue weighted by atomic mass is 9.67. The van der Waals surface area contributed by atoms with Crippen LogP contribution in [0.2, 0.25) is 0 Å². The third kappa shape index (κ3) is 3.11. The van der Waals surface area contributed by atoms with E-state index < -0.39 is 0 Å². The Bertz CT molecular complexity index is 1310. The quantitative estimate of drug-likeness (QED) is 0.452. The van der Waals surface area contributed by atoms with Crippen molar-refractivity contribution in [3.8, 4) is 28.6 Å². The molecule has 0 amide bonds. The molecule has 4 aromatic heterocycles. The first-order chi connectivity index (χ1) is 15.0. The summed E-state index contributed by atoms with van der Waals surface area (Å²) in [5, 5.41) is 22.9. The van der Waals surface area contributed by atoms with Crippen LogP contribution in [-0.2, 0) is 12.6 Å². The van der Waals surface area contributed by atoms with E-state index in [0.29, 0.717) is 12.3 Å². The second-order valence-electron chi connectivity index (χ2n) is 8.41. The molecule has 0 saturated heterocycles. The zero-order valence-corrected chi connectivity index (χ0v) is 17.6. The van der Waals surface area contributed by atoms with E-state index in [-0.39, 0.29) is 5.54 Å². The average Bonchev–Trinajstić information content (AvgIpc) is 3.46. The summed E-state index contributed by atoms with van der Waals surface area (Å²) in [5.41, 5.74) is 5.14. The molecule has 0 atom stereocenters. The van der Waals surface area contributed by atoms with Crippen LogP contribution >= 0.6 is 0 Å². The maximum Gasteiger partial charge on any atom is 0.100 e. The van der Waals surface area contributed by atoms with Gasteiger partial charge in [0.15, 0.2) is 0 Å². The zero-order chi connectivity index (χ0) is 21.6. The zero-order valence-electron chi connectivity index (χ0n) is 17.6. The van der Waals surface area contributed by atoms with Gasteiger partial charge in [-0.15, -0.1) is 0 Å². The number of hydrogen-bond donors (Lipinski definition) is 0. The second kappa shape index (κ2) is 7.16. The Morgan fingerprint density at radius 3 is 2.68 bits per heavy atom. The number of aliphatic imine (C=N–C) groups is 1. The van der Waals surface area contributed by atoms with Gasteiger partial charge in [-0.05, 0) is 38.0 Å². The van der Waals surface area contributed by atoms with E-state index in [1.807, 2.05) is 54.2 Å². The predicted molar refractivity (Wildman–Crippen MR) is 116 cm³/mol. The molecule has 0 N–H and O–H groups in total. The van der Waals surface area contributed by atoms with Gasteiger partial charge in [0, 0.05) is 37.1 Å². The molecule has 4 heterocycles. The largest absolute Gasteiger partial charge is 0.301 e. The Kier molecular flexibility index (Phi) is 4.43. The van der Waals surface area contributed by atoms with Crippen LogP contribution < -0.4 is 0 Å². The fourth-order valence-electron chi connectivity index (χ4n) is 4.64. The van der Waals surface area contributed by atoms with Crippen LogP contribution in [0.5, 0.6) is 0 Å². The van der Waals surface area contributed by atoms with E-state index in [9.17, 15) is 5.26 Å². The average molecular weight is 413 g/mol. The number of aryl methyl sites for hydroxylation is 2. The van der Waals surface area contributed by atoms with Gasteiger partial charge >= 0.3 is 0 Å². The summed E-state index contributed by atoms with van der Waals surface area (Å²) in [6.45, 7) is 6.35. The minimum absolute atomic E-state index is 0.283. The summed E-state index contributed by atoms with van der Waals surface area (Å²) in [6.07, 6.45) is 13.5. The predicted octanol–water partition coefficient (Wildman–Crippen LogP) is 3.02. The number of nitrogens with zero attached hydrogens (tertiary/aromatic N) is 9. The Labute approximate surface area is 179 Å². The van der Waals surface area contributed by atoms with Crippen molar-refractivity contribution >= 4 is 12.2 Å². The standard InChI is InChI=1S/C22H23N9/c1-15-8-26-30-14-19(17-10-25-29(3)12-17)28-20(21(15)30)18-11-27-31(13-18)22(4-5-23)6-16(7-22)9-24-2/h8,10-14,16H,2,4,6-7,9H2,1,3H3. The molecule has 1 fully saturated rings. The topological polar surface area (TPSA) is 102 Å². The maximum atomic E-state index is 9.42. The molecule has 0 aromatic carbocycles. The van der Waals surface area contributed by atoms with Crippen LogP contribution in [0.4, 0.5) is 0 Å². The minimum atomic E-state index is -0.283. The highest BCUT2D eigenvalue weighted by atomic mass is 15.3. The molecule has 1 saturated carbocycles. The SMILES string of the molecule is C=NCC1CC(CC#N)(n2cc(-c3nc(-c4cnn(C)c4)cn4ncc(C)c34)cn2)C1. The highest BCUT2D eigenvalue weighted by Gasteiger charge is 2.46. The molecule has 5 rings (SSSR count). The number of hydrogen-bond acceptors (Lipinski definition) is 6. The summed E-state index contributed by atoms with van der Waals surface area (Å²) in [4.78, 5) is 8.98. The van der Waals surface area contributed by atoms with E-state index in [2.05, 4.69) is 33.1 Å². The van der Waals surface area contributed by atoms with Crippen molar-refractivity contribution in [2.75, 3.05) is 6.54 Å². The maximum absolute atomic E-state index is 9.42. The van der Waals surface area contributed by atoms with Crippen LogP contribution in [0.1, 0.15) is 24.8 Å². The van der Waals surface area contributed by atoms with Crippen molar-refractivity contribution in [2.24, 2.45) is 18.0 Å². The van der Waals surface area contributed by atoms with Crippen LogP contribution in [0, 0.1) is 24.2 Å². The van der Waals surface area contributed by atoms with Crippen LogP contribution in [0.15, 0.2) is 42.2 Å². The minimum Gasteiger partial charge on any atom is -0.301 e. The molecule has 0 spiro atoms. The summed E-state index contributed by atoms with van der Waals surface area (Å²) in [5.74, 6) is 0.453. The monoisotopic (exact) mass is 413 g/mol. The van der Waals surface area contributed by atoms with Crippen molar-refractivity contribution in [1.29, 1.82) is 5.26 Å². The van der Waals surface area contributed by atoms with Crippen molar-refractivity contribution in [1.82, 2.24) is 34.2 Å². The molecule has 1 aliphatic rings. The van der Waals surface area contributed by atoms with Crippen molar-refractivity contribution in [3.63, 3.8) is 0 Å². The molecule has 1 aliphatic carbocycles. The fraction of sp³-hybridized carbons (Fsp3) is 0.364. The molecule has 156 valence electrons. The van der Waals surface area contributed by atoms with Crippen LogP contribution in [0.25, 0.3) is 28.0 Å². The third-order valence-electron chi connectivity index (χ3n) is 6.15. The summed E-state index contributed by atoms with van der Waals surface area (Å²) < 4.78 is 5.56. The lowest BCUT2D eigenvalue weighted by Crippen LogP contribution is -2.47. The Morgan fingerprint density at radius 2 is 1.97 bits per heavy atom. The van der Waals surface area contributed by atoms with Crippen molar-refractivity contribution in [3.05, 3.63) is 42.7 Å². The molecule has 0 unspecified atom stereocenters. The molecule has 4 aromatic rings. The Balaban J connectivity index is 1.59. The summed E-state index contributed by atoms with van der Waals surface area (Å²) in [6, 6.07) is 2.34. The normalized spacial score (nSPS) is 20.5. The first-order valence-electron chi connectivity index (χ1n) is 10.2. The molecule has 9 heteroatoms. The van der Waals surface area contributed by atoms with Crippen LogP contribution in [0.3, 0.4) is 0 Å². The lowest BCUT2D eigenvalue weighted by molar-refractivity contribution is 0.0627. The van der Waals surface area contributed by atoms with Gasteiger partial charge in [0.05, 0.1) is 54.0 Å². The van der Waals surface area contributed by atoms with Gasteiger partial charge in [0.1, 0.15) is 5.69 Å². The van der Waals surface area contributed by atoms with Gasteiger partial charge in [0.2, 0.25) is 0 Å². The molecule has 9 nitrogen and oxygen atoms in total. The molecule has 0 radical (unpaired) electrons. The summed E-state index contributed by atoms with van der Waals surface area (Å²) in [7, 11) is 1.88. The third-order valence-corrected chi connectivity index (χ3v) is 6.15. The van der Waals surface area contributed by atoms with Gasteiger partial charge in [-0.25, -0.2) is 9.50 Å². The van der Waals surface area contributed by atoms with Gasteiger partial charge < -0.3 is 4.99 Å². The van der Waals surface area contributed by atoms with Gasteiger partial charge in [0.25, 0.3) is 0 Å². The summed E-state index contributed by atoms with van der Waals surface area (Å²) >= 11 is 0.